The lowest BCUT2D eigenvalue weighted by Gasteiger charge is -2.02. The monoisotopic (exact) mass is 366 g/mol. The lowest BCUT2D eigenvalue weighted by atomic mass is 10.1. The van der Waals surface area contributed by atoms with Gasteiger partial charge in [-0.05, 0) is 28.5 Å². The number of nitrogens with one attached hydrogen (secondary N) is 1. The van der Waals surface area contributed by atoms with E-state index in [1.54, 1.807) is 6.21 Å². The van der Waals surface area contributed by atoms with Crippen molar-refractivity contribution >= 4 is 38.8 Å². The topological polar surface area (TPSA) is 41.5 Å². The molecule has 1 amide bonds. The highest BCUT2D eigenvalue weighted by molar-refractivity contribution is 9.10. The number of halogens is 1. The molecule has 0 atom stereocenters. The Morgan fingerprint density at radius 3 is 2.57 bits per heavy atom. The molecule has 1 N–H and O–H groups in total. The van der Waals surface area contributed by atoms with Crippen LogP contribution in [-0.4, -0.2) is 12.1 Å². The first-order valence-electron chi connectivity index (χ1n) is 7.26. The summed E-state index contributed by atoms with van der Waals surface area (Å²) in [6.07, 6.45) is 1.99. The first-order valence-corrected chi connectivity index (χ1v) is 8.06. The zero-order valence-electron chi connectivity index (χ0n) is 12.4. The van der Waals surface area contributed by atoms with Crippen molar-refractivity contribution in [2.24, 2.45) is 5.10 Å². The predicted octanol–water partition coefficient (Wildman–Crippen LogP) is 4.30. The highest BCUT2D eigenvalue weighted by Crippen LogP contribution is 2.16. The standard InChI is InChI=1S/C19H15BrN2O/c20-17-10-8-14(9-11-17)12-19(23)22-21-13-16-6-3-5-15-4-1-2-7-18(15)16/h1-11,13H,12H2,(H,22,23)/b21-13+. The quantitative estimate of drug-likeness (QED) is 0.542. The van der Waals surface area contributed by atoms with Crippen LogP contribution in [0.1, 0.15) is 11.1 Å². The number of benzene rings is 3. The largest absolute Gasteiger partial charge is 0.273 e. The van der Waals surface area contributed by atoms with Gasteiger partial charge in [-0.1, -0.05) is 70.5 Å². The summed E-state index contributed by atoms with van der Waals surface area (Å²) in [5.41, 5.74) is 4.51. The molecule has 0 radical (unpaired) electrons. The van der Waals surface area contributed by atoms with Crippen LogP contribution < -0.4 is 5.43 Å². The minimum Gasteiger partial charge on any atom is -0.273 e. The molecule has 0 heterocycles. The van der Waals surface area contributed by atoms with Crippen LogP contribution in [0.15, 0.2) is 76.3 Å². The summed E-state index contributed by atoms with van der Waals surface area (Å²) in [5, 5.41) is 6.33. The van der Waals surface area contributed by atoms with Crippen molar-refractivity contribution in [3.8, 4) is 0 Å². The van der Waals surface area contributed by atoms with E-state index in [0.717, 1.165) is 26.4 Å². The molecule has 0 aliphatic rings. The molecular formula is C19H15BrN2O. The summed E-state index contributed by atoms with van der Waals surface area (Å²) in [7, 11) is 0. The molecule has 23 heavy (non-hydrogen) atoms. The van der Waals surface area contributed by atoms with Gasteiger partial charge < -0.3 is 0 Å². The van der Waals surface area contributed by atoms with Crippen LogP contribution in [0.2, 0.25) is 0 Å². The van der Waals surface area contributed by atoms with Gasteiger partial charge in [0.25, 0.3) is 0 Å². The fourth-order valence-electron chi connectivity index (χ4n) is 2.36. The summed E-state index contributed by atoms with van der Waals surface area (Å²) >= 11 is 3.38. The molecule has 0 fully saturated rings. The van der Waals surface area contributed by atoms with E-state index in [4.69, 9.17) is 0 Å². The third-order valence-corrected chi connectivity index (χ3v) is 4.02. The molecule has 0 aromatic heterocycles. The van der Waals surface area contributed by atoms with Crippen molar-refractivity contribution < 1.29 is 4.79 Å². The Labute approximate surface area is 143 Å². The average molecular weight is 367 g/mol. The number of fused-ring (bicyclic) bond motifs is 1. The lowest BCUT2D eigenvalue weighted by molar-refractivity contribution is -0.120. The van der Waals surface area contributed by atoms with Crippen LogP contribution in [0, 0.1) is 0 Å². The van der Waals surface area contributed by atoms with Crippen LogP contribution in [0.25, 0.3) is 10.8 Å². The van der Waals surface area contributed by atoms with Gasteiger partial charge in [-0.25, -0.2) is 5.43 Å². The van der Waals surface area contributed by atoms with Crippen molar-refractivity contribution in [3.63, 3.8) is 0 Å². The molecule has 3 aromatic carbocycles. The zero-order chi connectivity index (χ0) is 16.1. The Morgan fingerprint density at radius 2 is 1.74 bits per heavy atom. The minimum absolute atomic E-state index is 0.135. The summed E-state index contributed by atoms with van der Waals surface area (Å²) < 4.78 is 0.996. The average Bonchev–Trinajstić information content (AvgIpc) is 2.57. The van der Waals surface area contributed by atoms with Gasteiger partial charge in [-0.2, -0.15) is 5.10 Å². The third kappa shape index (κ3) is 4.05. The van der Waals surface area contributed by atoms with Gasteiger partial charge >= 0.3 is 0 Å². The molecule has 0 unspecified atom stereocenters. The molecule has 0 spiro atoms. The normalized spacial score (nSPS) is 11.0. The second-order valence-corrected chi connectivity index (χ2v) is 6.08. The SMILES string of the molecule is O=C(Cc1ccc(Br)cc1)N/N=C/c1cccc2ccccc12. The van der Waals surface area contributed by atoms with Crippen LogP contribution in [0.4, 0.5) is 0 Å². The van der Waals surface area contributed by atoms with E-state index < -0.39 is 0 Å². The number of nitrogens with zero attached hydrogens (tertiary/aromatic N) is 1. The van der Waals surface area contributed by atoms with Crippen LogP contribution in [0.3, 0.4) is 0 Å². The number of carbonyl (C=O) groups is 1. The summed E-state index contributed by atoms with van der Waals surface area (Å²) in [6.45, 7) is 0. The molecule has 114 valence electrons. The van der Waals surface area contributed by atoms with E-state index in [0.29, 0.717) is 6.42 Å². The second-order valence-electron chi connectivity index (χ2n) is 5.16. The minimum atomic E-state index is -0.135. The number of hydrogen-bond acceptors (Lipinski definition) is 2. The van der Waals surface area contributed by atoms with Crippen LogP contribution in [-0.2, 0) is 11.2 Å². The highest BCUT2D eigenvalue weighted by Gasteiger charge is 2.02. The van der Waals surface area contributed by atoms with Gasteiger partial charge in [0.15, 0.2) is 0 Å². The van der Waals surface area contributed by atoms with E-state index in [1.807, 2.05) is 54.6 Å². The molecule has 0 bridgehead atoms. The fraction of sp³-hybridized carbons (Fsp3) is 0.0526. The predicted molar refractivity (Wildman–Crippen MR) is 97.5 cm³/mol. The number of hydrogen-bond donors (Lipinski definition) is 1. The van der Waals surface area contributed by atoms with Gasteiger partial charge in [0.2, 0.25) is 5.91 Å². The summed E-state index contributed by atoms with van der Waals surface area (Å²) in [4.78, 5) is 11.9. The molecule has 3 nitrogen and oxygen atoms in total. The van der Waals surface area contributed by atoms with Gasteiger partial charge in [0.1, 0.15) is 0 Å². The smallest absolute Gasteiger partial charge is 0.244 e. The van der Waals surface area contributed by atoms with E-state index >= 15 is 0 Å². The molecule has 0 saturated carbocycles. The number of carbonyl (C=O) groups excluding carboxylic acids is 1. The Bertz CT molecular complexity index is 851. The van der Waals surface area contributed by atoms with Crippen molar-refractivity contribution in [1.29, 1.82) is 0 Å². The Morgan fingerprint density at radius 1 is 1.00 bits per heavy atom. The number of hydrazone groups is 1. The number of rotatable bonds is 4. The molecule has 3 aromatic rings. The first-order chi connectivity index (χ1) is 11.2. The second kappa shape index (κ2) is 7.20. The maximum absolute atomic E-state index is 11.9. The van der Waals surface area contributed by atoms with Crippen molar-refractivity contribution in [2.45, 2.75) is 6.42 Å². The summed E-state index contributed by atoms with van der Waals surface area (Å²) in [5.74, 6) is -0.135. The first kappa shape index (κ1) is 15.4. The van der Waals surface area contributed by atoms with Gasteiger partial charge in [0.05, 0.1) is 12.6 Å². The Kier molecular flexibility index (Phi) is 4.83. The van der Waals surface area contributed by atoms with Crippen molar-refractivity contribution in [1.82, 2.24) is 5.43 Å². The van der Waals surface area contributed by atoms with E-state index in [-0.39, 0.29) is 5.91 Å². The highest BCUT2D eigenvalue weighted by atomic mass is 79.9. The lowest BCUT2D eigenvalue weighted by Crippen LogP contribution is -2.19. The number of amides is 1. The molecule has 0 aliphatic heterocycles. The third-order valence-electron chi connectivity index (χ3n) is 3.49. The molecule has 0 aliphatic carbocycles. The van der Waals surface area contributed by atoms with Crippen LogP contribution >= 0.6 is 15.9 Å². The van der Waals surface area contributed by atoms with E-state index in [2.05, 4.69) is 38.6 Å². The summed E-state index contributed by atoms with van der Waals surface area (Å²) in [6, 6.07) is 21.8. The van der Waals surface area contributed by atoms with Crippen molar-refractivity contribution in [2.75, 3.05) is 0 Å². The Hall–Kier alpha value is -2.46. The van der Waals surface area contributed by atoms with E-state index in [9.17, 15) is 4.79 Å². The molecule has 4 heteroatoms. The van der Waals surface area contributed by atoms with E-state index in [1.165, 1.54) is 0 Å². The van der Waals surface area contributed by atoms with Gasteiger partial charge in [0, 0.05) is 10.0 Å². The fourth-order valence-corrected chi connectivity index (χ4v) is 2.63. The van der Waals surface area contributed by atoms with Crippen LogP contribution in [0.5, 0.6) is 0 Å². The van der Waals surface area contributed by atoms with Gasteiger partial charge in [-0.3, -0.25) is 4.79 Å². The van der Waals surface area contributed by atoms with Gasteiger partial charge in [-0.15, -0.1) is 0 Å². The Balaban J connectivity index is 1.66. The maximum atomic E-state index is 11.9. The zero-order valence-corrected chi connectivity index (χ0v) is 14.0. The molecule has 3 rings (SSSR count). The molecule has 0 saturated heterocycles. The van der Waals surface area contributed by atoms with Crippen molar-refractivity contribution in [3.05, 3.63) is 82.3 Å². The maximum Gasteiger partial charge on any atom is 0.244 e. The molecular weight excluding hydrogens is 352 g/mol.